The molecule has 0 radical (unpaired) electrons. The standard InChI is InChI=1S/C9H21N3O/c1-4-7-11-9(13)12(3)8(2)5-6-10/h8H,4-7,10H2,1-3H3,(H,11,13). The molecule has 0 aliphatic carbocycles. The van der Waals surface area contributed by atoms with Crippen molar-refractivity contribution in [3.8, 4) is 0 Å². The fraction of sp³-hybridized carbons (Fsp3) is 0.889. The molecule has 0 saturated heterocycles. The highest BCUT2D eigenvalue weighted by Crippen LogP contribution is 1.99. The maximum atomic E-state index is 11.4. The topological polar surface area (TPSA) is 58.4 Å². The van der Waals surface area contributed by atoms with E-state index in [1.807, 2.05) is 13.8 Å². The lowest BCUT2D eigenvalue weighted by atomic mass is 10.2. The average molecular weight is 187 g/mol. The lowest BCUT2D eigenvalue weighted by molar-refractivity contribution is 0.192. The summed E-state index contributed by atoms with van der Waals surface area (Å²) in [5, 5.41) is 2.82. The van der Waals surface area contributed by atoms with Crippen LogP contribution in [0.5, 0.6) is 0 Å². The molecule has 1 atom stereocenters. The molecule has 0 rings (SSSR count). The van der Waals surface area contributed by atoms with Crippen molar-refractivity contribution in [2.75, 3.05) is 20.1 Å². The Labute approximate surface area is 80.5 Å². The number of carbonyl (C=O) groups is 1. The van der Waals surface area contributed by atoms with Crippen LogP contribution in [0.25, 0.3) is 0 Å². The molecule has 0 aromatic heterocycles. The number of carbonyl (C=O) groups excluding carboxylic acids is 1. The third-order valence-electron chi connectivity index (χ3n) is 2.09. The maximum Gasteiger partial charge on any atom is 0.317 e. The molecule has 13 heavy (non-hydrogen) atoms. The highest BCUT2D eigenvalue weighted by molar-refractivity contribution is 5.74. The van der Waals surface area contributed by atoms with Gasteiger partial charge in [0.05, 0.1) is 0 Å². The summed E-state index contributed by atoms with van der Waals surface area (Å²) in [7, 11) is 1.80. The molecule has 1 unspecified atom stereocenters. The Morgan fingerprint density at radius 3 is 2.69 bits per heavy atom. The Morgan fingerprint density at radius 2 is 2.23 bits per heavy atom. The zero-order valence-electron chi connectivity index (χ0n) is 8.84. The largest absolute Gasteiger partial charge is 0.338 e. The van der Waals surface area contributed by atoms with Crippen LogP contribution < -0.4 is 11.1 Å². The Bertz CT molecular complexity index is 150. The summed E-state index contributed by atoms with van der Waals surface area (Å²) in [6.07, 6.45) is 1.81. The Hall–Kier alpha value is -0.770. The van der Waals surface area contributed by atoms with Gasteiger partial charge in [0.2, 0.25) is 0 Å². The summed E-state index contributed by atoms with van der Waals surface area (Å²) in [4.78, 5) is 13.1. The number of amides is 2. The second-order valence-corrected chi connectivity index (χ2v) is 3.27. The van der Waals surface area contributed by atoms with Crippen molar-refractivity contribution >= 4 is 6.03 Å². The Morgan fingerprint density at radius 1 is 1.62 bits per heavy atom. The predicted octanol–water partition coefficient (Wildman–Crippen LogP) is 0.775. The first kappa shape index (κ1) is 12.2. The van der Waals surface area contributed by atoms with Crippen molar-refractivity contribution < 1.29 is 4.79 Å². The molecule has 2 amide bonds. The third-order valence-corrected chi connectivity index (χ3v) is 2.09. The lowest BCUT2D eigenvalue weighted by Gasteiger charge is -2.24. The van der Waals surface area contributed by atoms with Gasteiger partial charge in [0.1, 0.15) is 0 Å². The summed E-state index contributed by atoms with van der Waals surface area (Å²) in [5.74, 6) is 0. The van der Waals surface area contributed by atoms with Crippen LogP contribution in [0.3, 0.4) is 0 Å². The van der Waals surface area contributed by atoms with Crippen LogP contribution in [-0.2, 0) is 0 Å². The van der Waals surface area contributed by atoms with Crippen LogP contribution in [0.15, 0.2) is 0 Å². The van der Waals surface area contributed by atoms with Gasteiger partial charge in [-0.25, -0.2) is 4.79 Å². The van der Waals surface area contributed by atoms with Crippen molar-refractivity contribution in [2.24, 2.45) is 5.73 Å². The van der Waals surface area contributed by atoms with Crippen LogP contribution >= 0.6 is 0 Å². The van der Waals surface area contributed by atoms with Gasteiger partial charge in [-0.05, 0) is 26.3 Å². The van der Waals surface area contributed by atoms with Gasteiger partial charge in [0.25, 0.3) is 0 Å². The third kappa shape index (κ3) is 4.72. The average Bonchev–Trinajstić information content (AvgIpc) is 2.13. The summed E-state index contributed by atoms with van der Waals surface area (Å²) in [5.41, 5.74) is 5.41. The van der Waals surface area contributed by atoms with Crippen LogP contribution in [0.4, 0.5) is 4.79 Å². The predicted molar refractivity (Wildman–Crippen MR) is 54.6 cm³/mol. The van der Waals surface area contributed by atoms with E-state index in [0.29, 0.717) is 6.54 Å². The van der Waals surface area contributed by atoms with Gasteiger partial charge in [-0.3, -0.25) is 0 Å². The fourth-order valence-electron chi connectivity index (χ4n) is 0.992. The molecule has 0 aliphatic rings. The number of rotatable bonds is 5. The van der Waals surface area contributed by atoms with Crippen LogP contribution in [-0.4, -0.2) is 37.1 Å². The van der Waals surface area contributed by atoms with E-state index in [1.165, 1.54) is 0 Å². The van der Waals surface area contributed by atoms with E-state index in [2.05, 4.69) is 5.32 Å². The van der Waals surface area contributed by atoms with Crippen LogP contribution in [0, 0.1) is 0 Å². The van der Waals surface area contributed by atoms with Crippen molar-refractivity contribution in [3.63, 3.8) is 0 Å². The SMILES string of the molecule is CCCNC(=O)N(C)C(C)CCN. The molecule has 4 nitrogen and oxygen atoms in total. The van der Waals surface area contributed by atoms with Gasteiger partial charge in [-0.1, -0.05) is 6.92 Å². The van der Waals surface area contributed by atoms with Crippen LogP contribution in [0.1, 0.15) is 26.7 Å². The number of nitrogens with one attached hydrogen (secondary N) is 1. The molecule has 3 N–H and O–H groups in total. The summed E-state index contributed by atoms with van der Waals surface area (Å²) in [6, 6.07) is 0.199. The maximum absolute atomic E-state index is 11.4. The second kappa shape index (κ2) is 6.71. The van der Waals surface area contributed by atoms with E-state index in [0.717, 1.165) is 19.4 Å². The fourth-order valence-corrected chi connectivity index (χ4v) is 0.992. The molecule has 0 saturated carbocycles. The minimum absolute atomic E-state index is 0.0113. The summed E-state index contributed by atoms with van der Waals surface area (Å²) in [6.45, 7) is 5.38. The molecule has 0 heterocycles. The number of hydrogen-bond acceptors (Lipinski definition) is 2. The van der Waals surface area contributed by atoms with E-state index < -0.39 is 0 Å². The second-order valence-electron chi connectivity index (χ2n) is 3.27. The lowest BCUT2D eigenvalue weighted by Crippen LogP contribution is -2.43. The van der Waals surface area contributed by atoms with Gasteiger partial charge < -0.3 is 16.0 Å². The van der Waals surface area contributed by atoms with Gasteiger partial charge in [0, 0.05) is 19.6 Å². The van der Waals surface area contributed by atoms with Crippen molar-refractivity contribution in [2.45, 2.75) is 32.7 Å². The first-order valence-corrected chi connectivity index (χ1v) is 4.84. The number of nitrogens with two attached hydrogens (primary N) is 1. The molecule has 0 bridgehead atoms. The first-order chi connectivity index (χ1) is 6.13. The Kier molecular flexibility index (Phi) is 6.32. The van der Waals surface area contributed by atoms with E-state index in [9.17, 15) is 4.79 Å². The quantitative estimate of drug-likeness (QED) is 0.668. The van der Waals surface area contributed by atoms with Gasteiger partial charge in [-0.2, -0.15) is 0 Å². The molecule has 0 aliphatic heterocycles. The van der Waals surface area contributed by atoms with E-state index >= 15 is 0 Å². The summed E-state index contributed by atoms with van der Waals surface area (Å²) >= 11 is 0. The van der Waals surface area contributed by atoms with Crippen LogP contribution in [0.2, 0.25) is 0 Å². The van der Waals surface area contributed by atoms with E-state index in [-0.39, 0.29) is 12.1 Å². The zero-order valence-corrected chi connectivity index (χ0v) is 8.84. The highest BCUT2D eigenvalue weighted by atomic mass is 16.2. The Balaban J connectivity index is 3.79. The number of nitrogens with zero attached hydrogens (tertiary/aromatic N) is 1. The normalized spacial score (nSPS) is 12.3. The van der Waals surface area contributed by atoms with Crippen molar-refractivity contribution in [3.05, 3.63) is 0 Å². The number of urea groups is 1. The molecule has 0 aromatic rings. The van der Waals surface area contributed by atoms with Gasteiger partial charge in [0.15, 0.2) is 0 Å². The van der Waals surface area contributed by atoms with Gasteiger partial charge in [-0.15, -0.1) is 0 Å². The minimum atomic E-state index is -0.0113. The van der Waals surface area contributed by atoms with Crippen molar-refractivity contribution in [1.29, 1.82) is 0 Å². The highest BCUT2D eigenvalue weighted by Gasteiger charge is 2.13. The molecular weight excluding hydrogens is 166 g/mol. The minimum Gasteiger partial charge on any atom is -0.338 e. The van der Waals surface area contributed by atoms with Gasteiger partial charge >= 0.3 is 6.03 Å². The number of hydrogen-bond donors (Lipinski definition) is 2. The smallest absolute Gasteiger partial charge is 0.317 e. The summed E-state index contributed by atoms with van der Waals surface area (Å²) < 4.78 is 0. The monoisotopic (exact) mass is 187 g/mol. The molecule has 78 valence electrons. The first-order valence-electron chi connectivity index (χ1n) is 4.84. The van der Waals surface area contributed by atoms with E-state index in [1.54, 1.807) is 11.9 Å². The molecule has 0 aromatic carbocycles. The zero-order chi connectivity index (χ0) is 10.3. The molecule has 0 fully saturated rings. The molecular formula is C9H21N3O. The van der Waals surface area contributed by atoms with Crippen molar-refractivity contribution in [1.82, 2.24) is 10.2 Å². The van der Waals surface area contributed by atoms with E-state index in [4.69, 9.17) is 5.73 Å². The molecule has 0 spiro atoms. The molecule has 4 heteroatoms.